The standard InChI is InChI=1S/C19H22N2O5S/c1-14-3-9-19(10-4-14)27(24,25)26-18-11-12-20(15(2)13-18)16-5-7-17(8-6-16)21(22)23/h3-10,15,18H,11-13H2,1-2H3. The maximum Gasteiger partial charge on any atom is 0.297 e. The van der Waals surface area contributed by atoms with Gasteiger partial charge in [-0.1, -0.05) is 17.7 Å². The number of rotatable bonds is 5. The van der Waals surface area contributed by atoms with Crippen molar-refractivity contribution in [3.63, 3.8) is 0 Å². The van der Waals surface area contributed by atoms with Gasteiger partial charge in [0.2, 0.25) is 0 Å². The third kappa shape index (κ3) is 4.45. The third-order valence-corrected chi connectivity index (χ3v) is 6.17. The minimum Gasteiger partial charge on any atom is -0.369 e. The molecule has 1 aliphatic rings. The third-order valence-electron chi connectivity index (χ3n) is 4.79. The predicted octanol–water partition coefficient (Wildman–Crippen LogP) is 3.67. The second-order valence-corrected chi connectivity index (χ2v) is 8.40. The van der Waals surface area contributed by atoms with E-state index in [0.29, 0.717) is 19.4 Å². The smallest absolute Gasteiger partial charge is 0.297 e. The zero-order valence-corrected chi connectivity index (χ0v) is 16.1. The molecule has 8 heteroatoms. The summed E-state index contributed by atoms with van der Waals surface area (Å²) in [7, 11) is -3.79. The number of aryl methyl sites for hydroxylation is 1. The largest absolute Gasteiger partial charge is 0.369 e. The van der Waals surface area contributed by atoms with Gasteiger partial charge in [-0.2, -0.15) is 8.42 Å². The number of piperidine rings is 1. The maximum absolute atomic E-state index is 12.5. The van der Waals surface area contributed by atoms with Gasteiger partial charge in [-0.05, 0) is 51.0 Å². The summed E-state index contributed by atoms with van der Waals surface area (Å²) in [4.78, 5) is 12.6. The molecule has 2 aromatic rings. The van der Waals surface area contributed by atoms with Gasteiger partial charge in [-0.3, -0.25) is 14.3 Å². The number of benzene rings is 2. The SMILES string of the molecule is Cc1ccc(S(=O)(=O)OC2CCN(c3ccc([N+](=O)[O-])cc3)C(C)C2)cc1. The monoisotopic (exact) mass is 390 g/mol. The highest BCUT2D eigenvalue weighted by molar-refractivity contribution is 7.86. The highest BCUT2D eigenvalue weighted by atomic mass is 32.2. The number of hydrogen-bond donors (Lipinski definition) is 0. The molecular weight excluding hydrogens is 368 g/mol. The van der Waals surface area contributed by atoms with Crippen molar-refractivity contribution in [2.24, 2.45) is 0 Å². The minimum absolute atomic E-state index is 0.0498. The van der Waals surface area contributed by atoms with Gasteiger partial charge in [0.25, 0.3) is 15.8 Å². The van der Waals surface area contributed by atoms with Gasteiger partial charge in [0, 0.05) is 30.4 Å². The zero-order chi connectivity index (χ0) is 19.6. The Morgan fingerprint density at radius 2 is 1.74 bits per heavy atom. The van der Waals surface area contributed by atoms with E-state index in [4.69, 9.17) is 4.18 Å². The van der Waals surface area contributed by atoms with Crippen molar-refractivity contribution < 1.29 is 17.5 Å². The molecule has 27 heavy (non-hydrogen) atoms. The average molecular weight is 390 g/mol. The first-order chi connectivity index (χ1) is 12.8. The molecule has 0 radical (unpaired) electrons. The van der Waals surface area contributed by atoms with Gasteiger partial charge in [-0.25, -0.2) is 0 Å². The molecule has 2 atom stereocenters. The lowest BCUT2D eigenvalue weighted by molar-refractivity contribution is -0.384. The first kappa shape index (κ1) is 19.3. The maximum atomic E-state index is 12.5. The van der Waals surface area contributed by atoms with Crippen molar-refractivity contribution >= 4 is 21.5 Å². The molecule has 0 aliphatic carbocycles. The summed E-state index contributed by atoms with van der Waals surface area (Å²) in [6.45, 7) is 4.51. The highest BCUT2D eigenvalue weighted by Gasteiger charge is 2.30. The number of non-ortho nitro benzene ring substituents is 1. The molecule has 0 bridgehead atoms. The van der Waals surface area contributed by atoms with Crippen molar-refractivity contribution in [3.05, 3.63) is 64.2 Å². The van der Waals surface area contributed by atoms with Gasteiger partial charge in [0.05, 0.1) is 15.9 Å². The Kier molecular flexibility index (Phi) is 5.48. The molecule has 2 unspecified atom stereocenters. The second-order valence-electron chi connectivity index (χ2n) is 6.83. The summed E-state index contributed by atoms with van der Waals surface area (Å²) in [5.41, 5.74) is 1.92. The van der Waals surface area contributed by atoms with Crippen LogP contribution in [-0.2, 0) is 14.3 Å². The number of nitrogens with zero attached hydrogens (tertiary/aromatic N) is 2. The summed E-state index contributed by atoms with van der Waals surface area (Å²) < 4.78 is 30.4. The van der Waals surface area contributed by atoms with Crippen molar-refractivity contribution in [3.8, 4) is 0 Å². The number of anilines is 1. The Bertz CT molecular complexity index is 910. The lowest BCUT2D eigenvalue weighted by Crippen LogP contribution is -2.44. The average Bonchev–Trinajstić information content (AvgIpc) is 2.62. The van der Waals surface area contributed by atoms with E-state index in [1.165, 1.54) is 12.1 Å². The van der Waals surface area contributed by atoms with Crippen LogP contribution in [0.3, 0.4) is 0 Å². The van der Waals surface area contributed by atoms with Gasteiger partial charge < -0.3 is 4.90 Å². The topological polar surface area (TPSA) is 89.8 Å². The van der Waals surface area contributed by atoms with Gasteiger partial charge in [0.15, 0.2) is 0 Å². The number of nitro benzene ring substituents is 1. The summed E-state index contributed by atoms with van der Waals surface area (Å²) >= 11 is 0. The van der Waals surface area contributed by atoms with E-state index in [-0.39, 0.29) is 22.7 Å². The van der Waals surface area contributed by atoms with Crippen molar-refractivity contribution in [1.82, 2.24) is 0 Å². The molecule has 0 spiro atoms. The summed E-state index contributed by atoms with van der Waals surface area (Å²) in [6.07, 6.45) is 0.731. The van der Waals surface area contributed by atoms with Crippen LogP contribution in [0.1, 0.15) is 25.3 Å². The molecular formula is C19H22N2O5S. The fourth-order valence-corrected chi connectivity index (χ4v) is 4.42. The van der Waals surface area contributed by atoms with Crippen LogP contribution in [0.2, 0.25) is 0 Å². The van der Waals surface area contributed by atoms with Crippen molar-refractivity contribution in [2.45, 2.75) is 43.7 Å². The van der Waals surface area contributed by atoms with E-state index >= 15 is 0 Å². The van der Waals surface area contributed by atoms with Crippen LogP contribution in [0.25, 0.3) is 0 Å². The Morgan fingerprint density at radius 3 is 2.30 bits per heavy atom. The first-order valence-corrected chi connectivity index (χ1v) is 10.2. The number of hydrogen-bond acceptors (Lipinski definition) is 6. The normalized spacial score (nSPS) is 20.4. The lowest BCUT2D eigenvalue weighted by Gasteiger charge is -2.38. The van der Waals surface area contributed by atoms with Crippen LogP contribution in [-0.4, -0.2) is 32.0 Å². The zero-order valence-electron chi connectivity index (χ0n) is 15.2. The Balaban J connectivity index is 1.66. The Hall–Kier alpha value is -2.45. The Labute approximate surface area is 158 Å². The molecule has 144 valence electrons. The molecule has 0 amide bonds. The molecule has 0 aromatic heterocycles. The van der Waals surface area contributed by atoms with E-state index < -0.39 is 15.0 Å². The molecule has 1 fully saturated rings. The summed E-state index contributed by atoms with van der Waals surface area (Å²) in [5, 5.41) is 10.8. The molecule has 1 saturated heterocycles. The van der Waals surface area contributed by atoms with Crippen LogP contribution in [0.15, 0.2) is 53.4 Å². The van der Waals surface area contributed by atoms with Crippen LogP contribution in [0.4, 0.5) is 11.4 Å². The van der Waals surface area contributed by atoms with Crippen LogP contribution in [0.5, 0.6) is 0 Å². The minimum atomic E-state index is -3.79. The number of nitro groups is 1. The fraction of sp³-hybridized carbons (Fsp3) is 0.368. The molecule has 2 aromatic carbocycles. The van der Waals surface area contributed by atoms with Crippen LogP contribution < -0.4 is 4.90 Å². The summed E-state index contributed by atoms with van der Waals surface area (Å²) in [5.74, 6) is 0. The lowest BCUT2D eigenvalue weighted by atomic mass is 10.00. The fourth-order valence-electron chi connectivity index (χ4n) is 3.31. The molecule has 0 N–H and O–H groups in total. The molecule has 7 nitrogen and oxygen atoms in total. The van der Waals surface area contributed by atoms with E-state index in [2.05, 4.69) is 4.90 Å². The Morgan fingerprint density at radius 1 is 1.11 bits per heavy atom. The van der Waals surface area contributed by atoms with Gasteiger partial charge in [-0.15, -0.1) is 0 Å². The van der Waals surface area contributed by atoms with E-state index in [0.717, 1.165) is 11.3 Å². The highest BCUT2D eigenvalue weighted by Crippen LogP contribution is 2.29. The van der Waals surface area contributed by atoms with E-state index in [1.807, 2.05) is 13.8 Å². The molecule has 1 aliphatic heterocycles. The first-order valence-electron chi connectivity index (χ1n) is 8.77. The molecule has 3 rings (SSSR count). The van der Waals surface area contributed by atoms with Crippen molar-refractivity contribution in [1.29, 1.82) is 0 Å². The van der Waals surface area contributed by atoms with Gasteiger partial charge >= 0.3 is 0 Å². The molecule has 0 saturated carbocycles. The quantitative estimate of drug-likeness (QED) is 0.440. The van der Waals surface area contributed by atoms with Crippen LogP contribution in [0, 0.1) is 17.0 Å². The molecule has 1 heterocycles. The van der Waals surface area contributed by atoms with Gasteiger partial charge in [0.1, 0.15) is 0 Å². The van der Waals surface area contributed by atoms with E-state index in [1.54, 1.807) is 36.4 Å². The van der Waals surface area contributed by atoms with Crippen molar-refractivity contribution in [2.75, 3.05) is 11.4 Å². The van der Waals surface area contributed by atoms with E-state index in [9.17, 15) is 18.5 Å². The second kappa shape index (κ2) is 7.66. The van der Waals surface area contributed by atoms with Crippen LogP contribution >= 0.6 is 0 Å². The predicted molar refractivity (Wildman–Crippen MR) is 102 cm³/mol. The summed E-state index contributed by atoms with van der Waals surface area (Å²) in [6, 6.07) is 13.1.